The number of halogens is 1. The lowest BCUT2D eigenvalue weighted by Gasteiger charge is -2.30. The second-order valence-electron chi connectivity index (χ2n) is 7.98. The molecule has 1 saturated heterocycles. The summed E-state index contributed by atoms with van der Waals surface area (Å²) in [7, 11) is -4.80. The Morgan fingerprint density at radius 2 is 2.14 bits per heavy atom. The minimum absolute atomic E-state index is 0.0114. The predicted molar refractivity (Wildman–Crippen MR) is 118 cm³/mol. The highest BCUT2D eigenvalue weighted by molar-refractivity contribution is 7.53. The van der Waals surface area contributed by atoms with Gasteiger partial charge in [0.15, 0.2) is 11.8 Å². The maximum absolute atomic E-state index is 15.0. The first-order valence-electron chi connectivity index (χ1n) is 10.6. The molecule has 2 atom stereocenters. The third kappa shape index (κ3) is 5.54. The van der Waals surface area contributed by atoms with Crippen LogP contribution in [0.15, 0.2) is 41.1 Å². The topological polar surface area (TPSA) is 163 Å². The Kier molecular flexibility index (Phi) is 7.22. The summed E-state index contributed by atoms with van der Waals surface area (Å²) >= 11 is 0. The van der Waals surface area contributed by atoms with Crippen LogP contribution in [0, 0.1) is 5.82 Å². The van der Waals surface area contributed by atoms with Crippen molar-refractivity contribution in [2.45, 2.75) is 18.2 Å². The van der Waals surface area contributed by atoms with Crippen molar-refractivity contribution in [2.24, 2.45) is 0 Å². The van der Waals surface area contributed by atoms with Gasteiger partial charge in [0.05, 0.1) is 18.8 Å². The molecule has 2 aromatic rings. The van der Waals surface area contributed by atoms with Crippen LogP contribution in [0.1, 0.15) is 12.0 Å². The summed E-state index contributed by atoms with van der Waals surface area (Å²) in [4.78, 5) is 45.6. The van der Waals surface area contributed by atoms with Gasteiger partial charge >= 0.3 is 13.7 Å². The third-order valence-electron chi connectivity index (χ3n) is 5.70. The van der Waals surface area contributed by atoms with Crippen molar-refractivity contribution in [3.8, 4) is 5.88 Å². The minimum atomic E-state index is -4.80. The van der Waals surface area contributed by atoms with Gasteiger partial charge in [0.25, 0.3) is 5.88 Å². The molecular weight excluding hydrogens is 488 g/mol. The average molecular weight is 511 g/mol. The van der Waals surface area contributed by atoms with Gasteiger partial charge in [-0.3, -0.25) is 14.3 Å². The van der Waals surface area contributed by atoms with Gasteiger partial charge in [0, 0.05) is 24.7 Å². The number of carbonyl (C=O) groups excluding carboxylic acids is 2. The van der Waals surface area contributed by atoms with E-state index < -0.39 is 43.8 Å². The molecular formula is C21H23FN3O9P. The minimum Gasteiger partial charge on any atom is -0.471 e. The quantitative estimate of drug-likeness (QED) is 0.441. The maximum Gasteiger partial charge on any atom is 0.414 e. The first-order chi connectivity index (χ1) is 16.7. The highest BCUT2D eigenvalue weighted by Crippen LogP contribution is 2.42. The van der Waals surface area contributed by atoms with E-state index in [0.29, 0.717) is 11.3 Å². The number of aliphatic hydroxyl groups excluding tert-OH is 1. The first-order valence-corrected chi connectivity index (χ1v) is 12.3. The molecule has 0 radical (unpaired) electrons. The second-order valence-corrected chi connectivity index (χ2v) is 9.78. The van der Waals surface area contributed by atoms with Crippen molar-refractivity contribution < 1.29 is 47.4 Å². The number of anilines is 1. The Bertz CT molecular complexity index is 1170. The summed E-state index contributed by atoms with van der Waals surface area (Å²) in [6.07, 6.45) is 1.96. The van der Waals surface area contributed by atoms with Crippen molar-refractivity contribution in [1.29, 1.82) is 0 Å². The number of hydrogen-bond donors (Lipinski definition) is 3. The molecule has 188 valence electrons. The lowest BCUT2D eigenvalue weighted by atomic mass is 9.98. The molecule has 3 heterocycles. The predicted octanol–water partition coefficient (Wildman–Crippen LogP) is 1.37. The van der Waals surface area contributed by atoms with Crippen LogP contribution in [0.4, 0.5) is 14.9 Å². The van der Waals surface area contributed by atoms with Crippen molar-refractivity contribution in [3.05, 3.63) is 48.0 Å². The van der Waals surface area contributed by atoms with Crippen LogP contribution in [0.3, 0.4) is 0 Å². The average Bonchev–Trinajstić information content (AvgIpc) is 3.46. The Labute approximate surface area is 198 Å². The number of benzene rings is 1. The fraction of sp³-hybridized carbons (Fsp3) is 0.381. The molecule has 0 unspecified atom stereocenters. The van der Waals surface area contributed by atoms with E-state index in [1.54, 1.807) is 12.1 Å². The van der Waals surface area contributed by atoms with Gasteiger partial charge in [0.2, 0.25) is 5.91 Å². The van der Waals surface area contributed by atoms with E-state index in [1.807, 2.05) is 0 Å². The number of carbonyl (C=O) groups is 2. The van der Waals surface area contributed by atoms with E-state index >= 15 is 0 Å². The molecule has 3 N–H and O–H groups in total. The molecule has 1 fully saturated rings. The van der Waals surface area contributed by atoms with E-state index in [4.69, 9.17) is 9.47 Å². The van der Waals surface area contributed by atoms with E-state index in [0.717, 1.165) is 0 Å². The van der Waals surface area contributed by atoms with E-state index in [9.17, 15) is 33.4 Å². The molecule has 0 aliphatic carbocycles. The monoisotopic (exact) mass is 511 g/mol. The smallest absolute Gasteiger partial charge is 0.414 e. The number of amides is 2. The number of hydrogen-bond acceptors (Lipinski definition) is 8. The number of ether oxygens (including phenoxy) is 2. The SMILES string of the molecule is O=C([C@H](CO)P(=O)(O)O)N1CC=C(c2ccc(N3C[C@H](COc4ccon4)OC3=O)cc2F)CC1. The van der Waals surface area contributed by atoms with Crippen molar-refractivity contribution in [3.63, 3.8) is 0 Å². The maximum atomic E-state index is 15.0. The van der Waals surface area contributed by atoms with E-state index in [2.05, 4.69) is 9.68 Å². The van der Waals surface area contributed by atoms with Crippen molar-refractivity contribution >= 4 is 30.9 Å². The van der Waals surface area contributed by atoms with Crippen LogP contribution in [0.25, 0.3) is 5.57 Å². The van der Waals surface area contributed by atoms with E-state index in [-0.39, 0.29) is 44.1 Å². The van der Waals surface area contributed by atoms with Gasteiger partial charge in [-0.25, -0.2) is 9.18 Å². The summed E-state index contributed by atoms with van der Waals surface area (Å²) in [5.74, 6) is -1.18. The van der Waals surface area contributed by atoms with Crippen LogP contribution < -0.4 is 9.64 Å². The van der Waals surface area contributed by atoms with Crippen molar-refractivity contribution in [2.75, 3.05) is 37.7 Å². The van der Waals surface area contributed by atoms with Gasteiger partial charge in [-0.2, -0.15) is 0 Å². The highest BCUT2D eigenvalue weighted by Gasteiger charge is 2.38. The molecule has 2 aliphatic rings. The summed E-state index contributed by atoms with van der Waals surface area (Å²) in [5, 5.41) is 12.8. The Hall–Kier alpha value is -3.25. The molecule has 1 aromatic carbocycles. The molecule has 14 heteroatoms. The van der Waals surface area contributed by atoms with Gasteiger partial charge in [-0.1, -0.05) is 6.08 Å². The molecule has 1 aromatic heterocycles. The van der Waals surface area contributed by atoms with Gasteiger partial charge in [0.1, 0.15) is 18.7 Å². The van der Waals surface area contributed by atoms with Crippen molar-refractivity contribution in [1.82, 2.24) is 10.1 Å². The largest absolute Gasteiger partial charge is 0.471 e. The Morgan fingerprint density at radius 1 is 1.34 bits per heavy atom. The lowest BCUT2D eigenvalue weighted by Crippen LogP contribution is -2.42. The molecule has 12 nitrogen and oxygen atoms in total. The second kappa shape index (κ2) is 10.2. The van der Waals surface area contributed by atoms with Crippen LogP contribution in [0.5, 0.6) is 5.88 Å². The van der Waals surface area contributed by atoms with Gasteiger partial charge in [-0.05, 0) is 35.3 Å². The Balaban J connectivity index is 1.40. The first kappa shape index (κ1) is 24.9. The third-order valence-corrected chi connectivity index (χ3v) is 6.90. The van der Waals surface area contributed by atoms with Gasteiger partial charge in [-0.15, -0.1) is 0 Å². The Morgan fingerprint density at radius 3 is 2.74 bits per heavy atom. The van der Waals surface area contributed by atoms with Crippen LogP contribution >= 0.6 is 7.60 Å². The molecule has 2 aliphatic heterocycles. The number of aliphatic hydroxyl groups is 1. The number of nitrogens with zero attached hydrogens (tertiary/aromatic N) is 3. The van der Waals surface area contributed by atoms with Crippen LogP contribution in [0.2, 0.25) is 0 Å². The molecule has 0 bridgehead atoms. The van der Waals surface area contributed by atoms with E-state index in [1.165, 1.54) is 34.3 Å². The van der Waals surface area contributed by atoms with Crippen LogP contribution in [-0.4, -0.2) is 81.6 Å². The summed E-state index contributed by atoms with van der Waals surface area (Å²) in [6, 6.07) is 5.83. The molecule has 2 amide bonds. The normalized spacial score (nSPS) is 19.4. The van der Waals surface area contributed by atoms with Crippen LogP contribution in [-0.2, 0) is 14.1 Å². The number of rotatable bonds is 8. The number of aromatic nitrogens is 1. The zero-order valence-corrected chi connectivity index (χ0v) is 19.2. The zero-order chi connectivity index (χ0) is 25.2. The number of cyclic esters (lactones) is 1. The summed E-state index contributed by atoms with van der Waals surface area (Å²) in [6.45, 7) is -0.651. The molecule has 0 saturated carbocycles. The summed E-state index contributed by atoms with van der Waals surface area (Å²) < 4.78 is 41.7. The standard InChI is InChI=1S/C21H23FN3O9P/c22-17-9-14(25-10-15(34-21(25)28)12-32-19-5-8-33-23-19)1-2-16(17)13-3-6-24(7-4-13)20(27)18(11-26)35(29,30)31/h1-3,5,8-9,15,18,26H,4,6-7,10-12H2,(H2,29,30,31)/t15-,18+/m1/s1. The molecule has 35 heavy (non-hydrogen) atoms. The molecule has 0 spiro atoms. The fourth-order valence-corrected chi connectivity index (χ4v) is 4.52. The summed E-state index contributed by atoms with van der Waals surface area (Å²) in [5.41, 5.74) is -0.620. The lowest BCUT2D eigenvalue weighted by molar-refractivity contribution is -0.131. The van der Waals surface area contributed by atoms with Gasteiger partial charge < -0.3 is 33.8 Å². The molecule has 4 rings (SSSR count). The zero-order valence-electron chi connectivity index (χ0n) is 18.3. The fourth-order valence-electron chi connectivity index (χ4n) is 3.86. The highest BCUT2D eigenvalue weighted by atomic mass is 31.2.